The monoisotopic (exact) mass is 180 g/mol. The van der Waals surface area contributed by atoms with Gasteiger partial charge in [-0.2, -0.15) is 0 Å². The summed E-state index contributed by atoms with van der Waals surface area (Å²) in [6, 6.07) is 3.39. The van der Waals surface area contributed by atoms with Crippen LogP contribution >= 0.6 is 0 Å². The number of carbonyl (C=O) groups excluding carboxylic acids is 1. The number of carbonyl (C=O) groups is 1. The summed E-state index contributed by atoms with van der Waals surface area (Å²) < 4.78 is 0. The molecule has 5 heteroatoms. The van der Waals surface area contributed by atoms with E-state index in [0.29, 0.717) is 18.1 Å². The van der Waals surface area contributed by atoms with Crippen LogP contribution in [0.15, 0.2) is 18.3 Å². The zero-order valence-electron chi connectivity index (χ0n) is 7.16. The van der Waals surface area contributed by atoms with Crippen LogP contribution in [-0.2, 0) is 4.79 Å². The molecular weight excluding hydrogens is 168 g/mol. The largest absolute Gasteiger partial charge is 0.382 e. The van der Waals surface area contributed by atoms with E-state index in [2.05, 4.69) is 10.3 Å². The number of rotatable bonds is 3. The van der Waals surface area contributed by atoms with Crippen LogP contribution in [0, 0.1) is 0 Å². The quantitative estimate of drug-likeness (QED) is 0.608. The van der Waals surface area contributed by atoms with Gasteiger partial charge in [0.05, 0.1) is 5.69 Å². The molecule has 13 heavy (non-hydrogen) atoms. The SMILES string of the molecule is NCCC(=O)Nc1cccnc1N. The van der Waals surface area contributed by atoms with E-state index in [4.69, 9.17) is 11.5 Å². The summed E-state index contributed by atoms with van der Waals surface area (Å²) in [4.78, 5) is 14.9. The third-order valence-corrected chi connectivity index (χ3v) is 1.48. The summed E-state index contributed by atoms with van der Waals surface area (Å²) in [5.41, 5.74) is 11.3. The molecule has 0 atom stereocenters. The number of nitrogen functional groups attached to an aromatic ring is 1. The molecule has 0 saturated heterocycles. The van der Waals surface area contributed by atoms with E-state index in [1.54, 1.807) is 18.3 Å². The average molecular weight is 180 g/mol. The maximum absolute atomic E-state index is 11.1. The van der Waals surface area contributed by atoms with Gasteiger partial charge in [0.15, 0.2) is 0 Å². The Morgan fingerprint density at radius 2 is 2.38 bits per heavy atom. The predicted molar refractivity (Wildman–Crippen MR) is 51.0 cm³/mol. The van der Waals surface area contributed by atoms with Crippen LogP contribution in [0.2, 0.25) is 0 Å². The zero-order chi connectivity index (χ0) is 9.68. The summed E-state index contributed by atoms with van der Waals surface area (Å²) in [6.45, 7) is 0.325. The highest BCUT2D eigenvalue weighted by Gasteiger charge is 2.03. The zero-order valence-corrected chi connectivity index (χ0v) is 7.16. The number of aromatic nitrogens is 1. The Labute approximate surface area is 76.1 Å². The number of nitrogens with zero attached hydrogens (tertiary/aromatic N) is 1. The Morgan fingerprint density at radius 3 is 3.00 bits per heavy atom. The molecule has 70 valence electrons. The molecule has 5 N–H and O–H groups in total. The highest BCUT2D eigenvalue weighted by Crippen LogP contribution is 2.13. The van der Waals surface area contributed by atoms with Crippen molar-refractivity contribution >= 4 is 17.4 Å². The normalized spacial score (nSPS) is 9.62. The minimum atomic E-state index is -0.151. The van der Waals surface area contributed by atoms with E-state index in [9.17, 15) is 4.79 Å². The molecule has 1 aromatic heterocycles. The van der Waals surface area contributed by atoms with Gasteiger partial charge in [0.25, 0.3) is 0 Å². The minimum Gasteiger partial charge on any atom is -0.382 e. The van der Waals surface area contributed by atoms with Crippen molar-refractivity contribution in [1.29, 1.82) is 0 Å². The predicted octanol–water partition coefficient (Wildman–Crippen LogP) is -0.0489. The van der Waals surface area contributed by atoms with Crippen molar-refractivity contribution < 1.29 is 4.79 Å². The van der Waals surface area contributed by atoms with Crippen LogP contribution in [0.3, 0.4) is 0 Å². The fraction of sp³-hybridized carbons (Fsp3) is 0.250. The van der Waals surface area contributed by atoms with E-state index in [0.717, 1.165) is 0 Å². The molecule has 0 bridgehead atoms. The number of nitrogens with two attached hydrogens (primary N) is 2. The third-order valence-electron chi connectivity index (χ3n) is 1.48. The topological polar surface area (TPSA) is 94.0 Å². The smallest absolute Gasteiger partial charge is 0.225 e. The van der Waals surface area contributed by atoms with Crippen LogP contribution in [0.4, 0.5) is 11.5 Å². The van der Waals surface area contributed by atoms with Crippen molar-refractivity contribution in [2.24, 2.45) is 5.73 Å². The Morgan fingerprint density at radius 1 is 1.62 bits per heavy atom. The number of hydrogen-bond donors (Lipinski definition) is 3. The highest BCUT2D eigenvalue weighted by atomic mass is 16.1. The maximum Gasteiger partial charge on any atom is 0.225 e. The van der Waals surface area contributed by atoms with E-state index in [1.807, 2.05) is 0 Å². The number of hydrogen-bond acceptors (Lipinski definition) is 4. The van der Waals surface area contributed by atoms with Gasteiger partial charge in [0.2, 0.25) is 5.91 Å². The second kappa shape index (κ2) is 4.42. The van der Waals surface area contributed by atoms with Gasteiger partial charge in [0.1, 0.15) is 5.82 Å². The van der Waals surface area contributed by atoms with Crippen molar-refractivity contribution in [2.45, 2.75) is 6.42 Å². The first kappa shape index (κ1) is 9.47. The lowest BCUT2D eigenvalue weighted by atomic mass is 10.3. The van der Waals surface area contributed by atoms with E-state index in [-0.39, 0.29) is 12.3 Å². The molecule has 1 heterocycles. The van der Waals surface area contributed by atoms with Gasteiger partial charge in [-0.3, -0.25) is 4.79 Å². The summed E-state index contributed by atoms with van der Waals surface area (Å²) in [6.07, 6.45) is 1.85. The first-order chi connectivity index (χ1) is 6.24. The Hall–Kier alpha value is -1.62. The first-order valence-corrected chi connectivity index (χ1v) is 3.94. The maximum atomic E-state index is 11.1. The second-order valence-electron chi connectivity index (χ2n) is 2.52. The van der Waals surface area contributed by atoms with Crippen molar-refractivity contribution in [3.05, 3.63) is 18.3 Å². The Bertz CT molecular complexity index is 300. The molecular formula is C8H12N4O. The van der Waals surface area contributed by atoms with Gasteiger partial charge in [0, 0.05) is 19.2 Å². The number of pyridine rings is 1. The van der Waals surface area contributed by atoms with Gasteiger partial charge < -0.3 is 16.8 Å². The molecule has 0 aromatic carbocycles. The van der Waals surface area contributed by atoms with Crippen LogP contribution in [0.25, 0.3) is 0 Å². The lowest BCUT2D eigenvalue weighted by Crippen LogP contribution is -2.17. The Balaban J connectivity index is 2.63. The van der Waals surface area contributed by atoms with Crippen molar-refractivity contribution in [3.63, 3.8) is 0 Å². The van der Waals surface area contributed by atoms with Crippen molar-refractivity contribution in [2.75, 3.05) is 17.6 Å². The van der Waals surface area contributed by atoms with Gasteiger partial charge >= 0.3 is 0 Å². The Kier molecular flexibility index (Phi) is 3.22. The van der Waals surface area contributed by atoms with Crippen LogP contribution < -0.4 is 16.8 Å². The summed E-state index contributed by atoms with van der Waals surface area (Å²) in [5.74, 6) is 0.162. The van der Waals surface area contributed by atoms with E-state index in [1.165, 1.54) is 0 Å². The molecule has 0 saturated carbocycles. The van der Waals surface area contributed by atoms with E-state index >= 15 is 0 Å². The third kappa shape index (κ3) is 2.72. The number of nitrogens with one attached hydrogen (secondary N) is 1. The fourth-order valence-corrected chi connectivity index (χ4v) is 0.867. The molecule has 0 aliphatic carbocycles. The summed E-state index contributed by atoms with van der Waals surface area (Å²) in [7, 11) is 0. The van der Waals surface area contributed by atoms with Crippen molar-refractivity contribution in [1.82, 2.24) is 4.98 Å². The highest BCUT2D eigenvalue weighted by molar-refractivity contribution is 5.93. The summed E-state index contributed by atoms with van der Waals surface area (Å²) in [5, 5.41) is 2.60. The summed E-state index contributed by atoms with van der Waals surface area (Å²) >= 11 is 0. The molecule has 0 spiro atoms. The van der Waals surface area contributed by atoms with Gasteiger partial charge in [-0.1, -0.05) is 0 Å². The molecule has 1 amide bonds. The molecule has 1 aromatic rings. The number of amides is 1. The van der Waals surface area contributed by atoms with Crippen molar-refractivity contribution in [3.8, 4) is 0 Å². The molecule has 0 aliphatic heterocycles. The second-order valence-corrected chi connectivity index (χ2v) is 2.52. The molecule has 5 nitrogen and oxygen atoms in total. The van der Waals surface area contributed by atoms with Gasteiger partial charge in [-0.15, -0.1) is 0 Å². The van der Waals surface area contributed by atoms with Crippen LogP contribution in [0.5, 0.6) is 0 Å². The van der Waals surface area contributed by atoms with Gasteiger partial charge in [-0.25, -0.2) is 4.98 Å². The number of anilines is 2. The first-order valence-electron chi connectivity index (χ1n) is 3.94. The molecule has 0 aliphatic rings. The molecule has 1 rings (SSSR count). The fourth-order valence-electron chi connectivity index (χ4n) is 0.867. The molecule has 0 radical (unpaired) electrons. The standard InChI is InChI=1S/C8H12N4O/c9-4-3-7(13)12-6-2-1-5-11-8(6)10/h1-2,5H,3-4,9H2,(H2,10,11)(H,12,13). The lowest BCUT2D eigenvalue weighted by Gasteiger charge is -2.05. The minimum absolute atomic E-state index is 0.151. The molecule has 0 fully saturated rings. The van der Waals surface area contributed by atoms with E-state index < -0.39 is 0 Å². The lowest BCUT2D eigenvalue weighted by molar-refractivity contribution is -0.116. The van der Waals surface area contributed by atoms with Crippen LogP contribution in [0.1, 0.15) is 6.42 Å². The molecule has 0 unspecified atom stereocenters. The average Bonchev–Trinajstić information content (AvgIpc) is 2.09. The van der Waals surface area contributed by atoms with Gasteiger partial charge in [-0.05, 0) is 12.1 Å². The van der Waals surface area contributed by atoms with Crippen LogP contribution in [-0.4, -0.2) is 17.4 Å².